The standard InChI is InChI=1S/C10H11N3/c1-7(2)8-5-9-10(6-13-8)12-4-3-11-9/h3-7H,1-2H3. The monoisotopic (exact) mass is 173 g/mol. The number of rotatable bonds is 1. The molecule has 13 heavy (non-hydrogen) atoms. The molecule has 2 aromatic rings. The second kappa shape index (κ2) is 3.09. The van der Waals surface area contributed by atoms with Crippen LogP contribution < -0.4 is 0 Å². The van der Waals surface area contributed by atoms with Crippen LogP contribution in [0.25, 0.3) is 11.0 Å². The minimum absolute atomic E-state index is 0.436. The first-order chi connectivity index (χ1) is 6.27. The third-order valence-corrected chi connectivity index (χ3v) is 1.97. The summed E-state index contributed by atoms with van der Waals surface area (Å²) in [6, 6.07) is 1.99. The van der Waals surface area contributed by atoms with Crippen LogP contribution in [0.4, 0.5) is 0 Å². The van der Waals surface area contributed by atoms with Crippen LogP contribution in [0.3, 0.4) is 0 Å². The first-order valence-corrected chi connectivity index (χ1v) is 4.34. The minimum atomic E-state index is 0.436. The smallest absolute Gasteiger partial charge is 0.107 e. The Morgan fingerprint density at radius 2 is 1.69 bits per heavy atom. The van der Waals surface area contributed by atoms with E-state index in [1.807, 2.05) is 6.07 Å². The van der Waals surface area contributed by atoms with Gasteiger partial charge in [0.2, 0.25) is 0 Å². The summed E-state index contributed by atoms with van der Waals surface area (Å²) in [5, 5.41) is 0. The highest BCUT2D eigenvalue weighted by Crippen LogP contribution is 2.14. The Kier molecular flexibility index (Phi) is 1.93. The van der Waals surface area contributed by atoms with E-state index in [-0.39, 0.29) is 0 Å². The zero-order chi connectivity index (χ0) is 9.26. The fourth-order valence-corrected chi connectivity index (χ4v) is 1.20. The lowest BCUT2D eigenvalue weighted by molar-refractivity contribution is 0.825. The lowest BCUT2D eigenvalue weighted by Crippen LogP contribution is -1.93. The Morgan fingerprint density at radius 3 is 2.38 bits per heavy atom. The van der Waals surface area contributed by atoms with Gasteiger partial charge in [0.25, 0.3) is 0 Å². The molecule has 0 atom stereocenters. The van der Waals surface area contributed by atoms with Crippen molar-refractivity contribution >= 4 is 11.0 Å². The summed E-state index contributed by atoms with van der Waals surface area (Å²) in [5.41, 5.74) is 2.83. The van der Waals surface area contributed by atoms with Gasteiger partial charge in [-0.05, 0) is 12.0 Å². The molecule has 0 saturated carbocycles. The molecule has 0 fully saturated rings. The molecule has 3 nitrogen and oxygen atoms in total. The van der Waals surface area contributed by atoms with Gasteiger partial charge in [-0.2, -0.15) is 0 Å². The lowest BCUT2D eigenvalue weighted by Gasteiger charge is -2.03. The molecular weight excluding hydrogens is 162 g/mol. The summed E-state index contributed by atoms with van der Waals surface area (Å²) in [4.78, 5) is 12.7. The fraction of sp³-hybridized carbons (Fsp3) is 0.300. The number of aromatic nitrogens is 3. The Morgan fingerprint density at radius 1 is 1.00 bits per heavy atom. The van der Waals surface area contributed by atoms with Crippen LogP contribution in [0, 0.1) is 0 Å². The predicted octanol–water partition coefficient (Wildman–Crippen LogP) is 2.15. The average Bonchev–Trinajstić information content (AvgIpc) is 2.17. The van der Waals surface area contributed by atoms with Crippen LogP contribution in [0.5, 0.6) is 0 Å². The van der Waals surface area contributed by atoms with Crippen molar-refractivity contribution in [3.05, 3.63) is 30.4 Å². The first-order valence-electron chi connectivity index (χ1n) is 4.34. The van der Waals surface area contributed by atoms with Crippen LogP contribution in [0.2, 0.25) is 0 Å². The molecular formula is C10H11N3. The fourth-order valence-electron chi connectivity index (χ4n) is 1.20. The van der Waals surface area contributed by atoms with Gasteiger partial charge in [0, 0.05) is 18.1 Å². The summed E-state index contributed by atoms with van der Waals surface area (Å²) >= 11 is 0. The van der Waals surface area contributed by atoms with Crippen LogP contribution in [0.15, 0.2) is 24.7 Å². The van der Waals surface area contributed by atoms with Crippen LogP contribution >= 0.6 is 0 Å². The van der Waals surface area contributed by atoms with E-state index in [0.29, 0.717) is 5.92 Å². The Hall–Kier alpha value is -1.51. The molecule has 3 heteroatoms. The molecule has 2 heterocycles. The maximum atomic E-state index is 4.30. The van der Waals surface area contributed by atoms with E-state index in [4.69, 9.17) is 0 Å². The highest BCUT2D eigenvalue weighted by Gasteiger charge is 2.02. The van der Waals surface area contributed by atoms with Crippen LogP contribution in [-0.2, 0) is 0 Å². The van der Waals surface area contributed by atoms with E-state index in [1.54, 1.807) is 18.6 Å². The minimum Gasteiger partial charge on any atom is -0.259 e. The molecule has 2 rings (SSSR count). The Balaban J connectivity index is 2.62. The Labute approximate surface area is 76.9 Å². The maximum absolute atomic E-state index is 4.30. The number of hydrogen-bond acceptors (Lipinski definition) is 3. The summed E-state index contributed by atoms with van der Waals surface area (Å²) in [6.07, 6.45) is 5.16. The molecule has 0 aliphatic carbocycles. The third kappa shape index (κ3) is 1.49. The van der Waals surface area contributed by atoms with Gasteiger partial charge in [0.05, 0.1) is 11.7 Å². The molecule has 66 valence electrons. The predicted molar refractivity (Wildman–Crippen MR) is 51.4 cm³/mol. The largest absolute Gasteiger partial charge is 0.259 e. The lowest BCUT2D eigenvalue weighted by atomic mass is 10.1. The van der Waals surface area contributed by atoms with Gasteiger partial charge >= 0.3 is 0 Å². The number of pyridine rings is 1. The number of nitrogens with zero attached hydrogens (tertiary/aromatic N) is 3. The molecule has 0 aliphatic heterocycles. The molecule has 0 saturated heterocycles. The zero-order valence-corrected chi connectivity index (χ0v) is 7.73. The van der Waals surface area contributed by atoms with E-state index in [9.17, 15) is 0 Å². The van der Waals surface area contributed by atoms with Gasteiger partial charge in [-0.15, -0.1) is 0 Å². The molecule has 0 aromatic carbocycles. The van der Waals surface area contributed by atoms with Gasteiger partial charge in [0.1, 0.15) is 5.52 Å². The summed E-state index contributed by atoms with van der Waals surface area (Å²) in [5.74, 6) is 0.436. The SMILES string of the molecule is CC(C)c1cc2nccnc2cn1. The van der Waals surface area contributed by atoms with Crippen molar-refractivity contribution in [2.24, 2.45) is 0 Å². The molecule has 0 aliphatic rings. The van der Waals surface area contributed by atoms with Crippen molar-refractivity contribution in [2.75, 3.05) is 0 Å². The van der Waals surface area contributed by atoms with Crippen LogP contribution in [-0.4, -0.2) is 15.0 Å². The molecule has 0 amide bonds. The summed E-state index contributed by atoms with van der Waals surface area (Å²) < 4.78 is 0. The molecule has 0 spiro atoms. The summed E-state index contributed by atoms with van der Waals surface area (Å²) in [6.45, 7) is 4.23. The van der Waals surface area contributed by atoms with Crippen molar-refractivity contribution in [1.29, 1.82) is 0 Å². The Bertz CT molecular complexity index is 423. The van der Waals surface area contributed by atoms with Gasteiger partial charge in [0.15, 0.2) is 0 Å². The highest BCUT2D eigenvalue weighted by atomic mass is 14.8. The zero-order valence-electron chi connectivity index (χ0n) is 7.73. The van der Waals surface area contributed by atoms with Crippen LogP contribution in [0.1, 0.15) is 25.5 Å². The van der Waals surface area contributed by atoms with Gasteiger partial charge in [-0.25, -0.2) is 0 Å². The molecule has 0 bridgehead atoms. The van der Waals surface area contributed by atoms with E-state index < -0.39 is 0 Å². The number of fused-ring (bicyclic) bond motifs is 1. The van der Waals surface area contributed by atoms with Gasteiger partial charge in [-0.3, -0.25) is 15.0 Å². The topological polar surface area (TPSA) is 38.7 Å². The van der Waals surface area contributed by atoms with Crippen molar-refractivity contribution in [2.45, 2.75) is 19.8 Å². The van der Waals surface area contributed by atoms with E-state index >= 15 is 0 Å². The van der Waals surface area contributed by atoms with Gasteiger partial charge in [-0.1, -0.05) is 13.8 Å². The normalized spacial score (nSPS) is 11.0. The molecule has 0 N–H and O–H groups in total. The van der Waals surface area contributed by atoms with E-state index in [0.717, 1.165) is 16.7 Å². The van der Waals surface area contributed by atoms with Crippen molar-refractivity contribution in [3.8, 4) is 0 Å². The average molecular weight is 173 g/mol. The van der Waals surface area contributed by atoms with Crippen molar-refractivity contribution in [1.82, 2.24) is 15.0 Å². The first kappa shape index (κ1) is 8.10. The van der Waals surface area contributed by atoms with Crippen molar-refractivity contribution in [3.63, 3.8) is 0 Å². The molecule has 0 radical (unpaired) electrons. The van der Waals surface area contributed by atoms with E-state index in [1.165, 1.54) is 0 Å². The van der Waals surface area contributed by atoms with E-state index in [2.05, 4.69) is 28.8 Å². The number of hydrogen-bond donors (Lipinski definition) is 0. The molecule has 0 unspecified atom stereocenters. The second-order valence-corrected chi connectivity index (χ2v) is 3.31. The maximum Gasteiger partial charge on any atom is 0.107 e. The quantitative estimate of drug-likeness (QED) is 0.663. The van der Waals surface area contributed by atoms with Crippen molar-refractivity contribution < 1.29 is 0 Å². The second-order valence-electron chi connectivity index (χ2n) is 3.31. The summed E-state index contributed by atoms with van der Waals surface area (Å²) in [7, 11) is 0. The highest BCUT2D eigenvalue weighted by molar-refractivity contribution is 5.72. The molecule has 2 aromatic heterocycles. The van der Waals surface area contributed by atoms with Gasteiger partial charge < -0.3 is 0 Å². The third-order valence-electron chi connectivity index (χ3n) is 1.97.